The molecule has 1 N–H and O–H groups in total. The minimum Gasteiger partial charge on any atom is -0.455 e. The van der Waals surface area contributed by atoms with Crippen molar-refractivity contribution < 1.29 is 4.74 Å². The Labute approximate surface area is 195 Å². The van der Waals surface area contributed by atoms with E-state index >= 15 is 0 Å². The lowest BCUT2D eigenvalue weighted by atomic mass is 10.0. The summed E-state index contributed by atoms with van der Waals surface area (Å²) in [5.74, 6) is 2.13. The second kappa shape index (κ2) is 8.61. The van der Waals surface area contributed by atoms with Gasteiger partial charge in [-0.05, 0) is 49.7 Å². The summed E-state index contributed by atoms with van der Waals surface area (Å²) in [6, 6.07) is 23.7. The Hall–Kier alpha value is -3.41. The highest BCUT2D eigenvalue weighted by atomic mass is 35.5. The average Bonchev–Trinajstić information content (AvgIpc) is 3.14. The maximum absolute atomic E-state index is 6.32. The molecule has 0 amide bonds. The van der Waals surface area contributed by atoms with E-state index in [1.807, 2.05) is 48.5 Å². The molecule has 0 aliphatic heterocycles. The summed E-state index contributed by atoms with van der Waals surface area (Å²) in [7, 11) is 0. The Balaban J connectivity index is 1.61. The number of nitrogens with zero attached hydrogens (tertiary/aromatic N) is 2. The Kier molecular flexibility index (Phi) is 5.52. The van der Waals surface area contributed by atoms with Crippen molar-refractivity contribution in [2.24, 2.45) is 0 Å². The van der Waals surface area contributed by atoms with Crippen LogP contribution in [0.4, 0.5) is 11.5 Å². The molecule has 0 saturated heterocycles. The van der Waals surface area contributed by atoms with E-state index in [1.165, 1.54) is 10.4 Å². The second-order valence-electron chi connectivity index (χ2n) is 7.48. The molecule has 6 heteroatoms. The van der Waals surface area contributed by atoms with Crippen molar-refractivity contribution in [3.8, 4) is 22.6 Å². The summed E-state index contributed by atoms with van der Waals surface area (Å²) in [5.41, 5.74) is 4.24. The highest BCUT2D eigenvalue weighted by Gasteiger charge is 2.18. The Morgan fingerprint density at radius 3 is 2.47 bits per heavy atom. The third-order valence-corrected chi connectivity index (χ3v) is 6.42. The first-order valence-corrected chi connectivity index (χ1v) is 11.4. The average molecular weight is 458 g/mol. The fraction of sp³-hybridized carbons (Fsp3) is 0.0769. The van der Waals surface area contributed by atoms with Crippen molar-refractivity contribution in [3.63, 3.8) is 0 Å². The van der Waals surface area contributed by atoms with Gasteiger partial charge in [-0.1, -0.05) is 59.6 Å². The Morgan fingerprint density at radius 1 is 0.906 bits per heavy atom. The number of ether oxygens (including phenoxy) is 1. The maximum atomic E-state index is 6.32. The highest BCUT2D eigenvalue weighted by molar-refractivity contribution is 7.19. The molecule has 0 aliphatic rings. The van der Waals surface area contributed by atoms with Gasteiger partial charge in [0.15, 0.2) is 5.75 Å². The van der Waals surface area contributed by atoms with Crippen molar-refractivity contribution >= 4 is 44.7 Å². The molecule has 5 aromatic rings. The first kappa shape index (κ1) is 20.5. The summed E-state index contributed by atoms with van der Waals surface area (Å²) in [6.45, 7) is 4.21. The first-order chi connectivity index (χ1) is 15.6. The van der Waals surface area contributed by atoms with Gasteiger partial charge < -0.3 is 10.1 Å². The van der Waals surface area contributed by atoms with Crippen LogP contribution < -0.4 is 10.1 Å². The predicted octanol–water partition coefficient (Wildman–Crippen LogP) is 8.16. The summed E-state index contributed by atoms with van der Waals surface area (Å²) < 4.78 is 6.12. The lowest BCUT2D eigenvalue weighted by Gasteiger charge is -2.14. The topological polar surface area (TPSA) is 47.0 Å². The van der Waals surface area contributed by atoms with E-state index in [9.17, 15) is 0 Å². The molecule has 2 heterocycles. The van der Waals surface area contributed by atoms with Crippen LogP contribution in [0.2, 0.25) is 5.02 Å². The minimum atomic E-state index is 0.610. The molecular formula is C26H20ClN3OS. The highest BCUT2D eigenvalue weighted by Crippen LogP contribution is 2.42. The van der Waals surface area contributed by atoms with Gasteiger partial charge in [-0.15, -0.1) is 11.3 Å². The van der Waals surface area contributed by atoms with Gasteiger partial charge in [-0.3, -0.25) is 0 Å². The number of thiophene rings is 1. The van der Waals surface area contributed by atoms with Gasteiger partial charge >= 0.3 is 0 Å². The van der Waals surface area contributed by atoms with Crippen LogP contribution in [-0.4, -0.2) is 9.97 Å². The molecule has 2 aromatic heterocycles. The normalized spacial score (nSPS) is 11.0. The maximum Gasteiger partial charge on any atom is 0.151 e. The van der Waals surface area contributed by atoms with Gasteiger partial charge in [-0.2, -0.15) is 0 Å². The minimum absolute atomic E-state index is 0.610. The number of aryl methyl sites for hydroxylation is 2. The molecule has 4 nitrogen and oxygen atoms in total. The molecule has 0 saturated carbocycles. The quantitative estimate of drug-likeness (QED) is 0.289. The molecule has 0 atom stereocenters. The first-order valence-electron chi connectivity index (χ1n) is 10.2. The smallest absolute Gasteiger partial charge is 0.151 e. The van der Waals surface area contributed by atoms with Crippen LogP contribution in [0.25, 0.3) is 21.3 Å². The second-order valence-corrected chi connectivity index (χ2v) is 9.12. The largest absolute Gasteiger partial charge is 0.455 e. The van der Waals surface area contributed by atoms with Crippen molar-refractivity contribution in [3.05, 3.63) is 94.6 Å². The van der Waals surface area contributed by atoms with Crippen LogP contribution in [0.5, 0.6) is 11.5 Å². The molecule has 0 spiro atoms. The van der Waals surface area contributed by atoms with Gasteiger partial charge in [0.2, 0.25) is 0 Å². The van der Waals surface area contributed by atoms with Crippen LogP contribution >= 0.6 is 22.9 Å². The number of anilines is 2. The molecule has 0 unspecified atom stereocenters. The van der Waals surface area contributed by atoms with E-state index in [1.54, 1.807) is 17.7 Å². The number of aromatic nitrogens is 2. The third kappa shape index (κ3) is 4.05. The van der Waals surface area contributed by atoms with Gasteiger partial charge in [0.05, 0.1) is 11.1 Å². The van der Waals surface area contributed by atoms with E-state index < -0.39 is 0 Å². The summed E-state index contributed by atoms with van der Waals surface area (Å²) in [4.78, 5) is 11.2. The van der Waals surface area contributed by atoms with Crippen molar-refractivity contribution in [1.29, 1.82) is 0 Å². The van der Waals surface area contributed by atoms with E-state index in [2.05, 4.69) is 53.4 Å². The number of halogens is 1. The SMILES string of the molecule is Cc1ccc(-c2c(C)sc3ncnc(Nc4cc(Cl)ccc4Oc4ccccc4)c23)cc1. The molecule has 5 rings (SSSR count). The van der Waals surface area contributed by atoms with Crippen molar-refractivity contribution in [2.45, 2.75) is 13.8 Å². The molecule has 32 heavy (non-hydrogen) atoms. The zero-order chi connectivity index (χ0) is 22.1. The molecule has 0 bridgehead atoms. The van der Waals surface area contributed by atoms with Crippen LogP contribution in [0.3, 0.4) is 0 Å². The zero-order valence-corrected chi connectivity index (χ0v) is 19.2. The monoisotopic (exact) mass is 457 g/mol. The number of para-hydroxylation sites is 1. The number of hydrogen-bond acceptors (Lipinski definition) is 5. The number of benzene rings is 3. The molecular weight excluding hydrogens is 438 g/mol. The number of fused-ring (bicyclic) bond motifs is 1. The number of nitrogens with one attached hydrogen (secondary N) is 1. The lowest BCUT2D eigenvalue weighted by Crippen LogP contribution is -1.98. The number of hydrogen-bond donors (Lipinski definition) is 1. The van der Waals surface area contributed by atoms with Crippen LogP contribution in [-0.2, 0) is 0 Å². The fourth-order valence-electron chi connectivity index (χ4n) is 3.64. The van der Waals surface area contributed by atoms with Gasteiger partial charge in [0.25, 0.3) is 0 Å². The van der Waals surface area contributed by atoms with E-state index in [0.29, 0.717) is 10.8 Å². The van der Waals surface area contributed by atoms with E-state index in [4.69, 9.17) is 16.3 Å². The van der Waals surface area contributed by atoms with Crippen LogP contribution in [0.1, 0.15) is 10.4 Å². The molecule has 0 fully saturated rings. The molecule has 158 valence electrons. The van der Waals surface area contributed by atoms with Gasteiger partial charge in [0, 0.05) is 15.5 Å². The third-order valence-electron chi connectivity index (χ3n) is 5.17. The summed E-state index contributed by atoms with van der Waals surface area (Å²) >= 11 is 7.99. The summed E-state index contributed by atoms with van der Waals surface area (Å²) in [5, 5.41) is 5.06. The molecule has 0 aliphatic carbocycles. The predicted molar refractivity (Wildman–Crippen MR) is 134 cm³/mol. The van der Waals surface area contributed by atoms with Crippen LogP contribution in [0, 0.1) is 13.8 Å². The van der Waals surface area contributed by atoms with Crippen molar-refractivity contribution in [2.75, 3.05) is 5.32 Å². The number of rotatable bonds is 5. The van der Waals surface area contributed by atoms with Gasteiger partial charge in [-0.25, -0.2) is 9.97 Å². The van der Waals surface area contributed by atoms with Gasteiger partial charge in [0.1, 0.15) is 22.7 Å². The van der Waals surface area contributed by atoms with E-state index in [0.717, 1.165) is 38.6 Å². The fourth-order valence-corrected chi connectivity index (χ4v) is 4.82. The molecule has 3 aromatic carbocycles. The lowest BCUT2D eigenvalue weighted by molar-refractivity contribution is 0.485. The molecule has 0 radical (unpaired) electrons. The van der Waals surface area contributed by atoms with E-state index in [-0.39, 0.29) is 0 Å². The summed E-state index contributed by atoms with van der Waals surface area (Å²) in [6.07, 6.45) is 1.59. The Morgan fingerprint density at radius 2 is 1.69 bits per heavy atom. The van der Waals surface area contributed by atoms with Crippen molar-refractivity contribution in [1.82, 2.24) is 9.97 Å². The Bertz CT molecular complexity index is 1400. The zero-order valence-electron chi connectivity index (χ0n) is 17.6. The standard InChI is InChI=1S/C26H20ClN3OS/c1-16-8-10-18(11-9-16)23-17(2)32-26-24(23)25(28-15-29-26)30-21-14-19(27)12-13-22(21)31-20-6-4-3-5-7-20/h3-15H,1-2H3,(H,28,29,30). The van der Waals surface area contributed by atoms with Crippen LogP contribution in [0.15, 0.2) is 79.1 Å².